The highest BCUT2D eigenvalue weighted by molar-refractivity contribution is 5.79. The molecule has 2 saturated heterocycles. The van der Waals surface area contributed by atoms with Crippen LogP contribution in [0.1, 0.15) is 43.3 Å². The summed E-state index contributed by atoms with van der Waals surface area (Å²) >= 11 is 0. The van der Waals surface area contributed by atoms with Gasteiger partial charge in [0.2, 0.25) is 5.91 Å². The molecule has 3 fully saturated rings. The molecule has 3 heterocycles. The number of aromatic nitrogens is 3. The van der Waals surface area contributed by atoms with Crippen molar-refractivity contribution in [3.05, 3.63) is 11.9 Å². The fourth-order valence-electron chi connectivity index (χ4n) is 3.18. The van der Waals surface area contributed by atoms with Crippen LogP contribution in [0.4, 0.5) is 0 Å². The Hall–Kier alpha value is -1.43. The molecule has 3 aliphatic rings. The van der Waals surface area contributed by atoms with Crippen LogP contribution in [0.2, 0.25) is 0 Å². The van der Waals surface area contributed by atoms with Crippen LogP contribution in [-0.2, 0) is 9.53 Å². The Morgan fingerprint density at radius 1 is 1.30 bits per heavy atom. The third-order valence-corrected chi connectivity index (χ3v) is 4.65. The third kappa shape index (κ3) is 2.22. The molecule has 0 spiro atoms. The lowest BCUT2D eigenvalue weighted by atomic mass is 10.1. The second-order valence-corrected chi connectivity index (χ2v) is 6.18. The normalized spacial score (nSPS) is 30.1. The molecular weight excluding hydrogens is 256 g/mol. The summed E-state index contributed by atoms with van der Waals surface area (Å²) in [7, 11) is 0. The average molecular weight is 276 g/mol. The van der Waals surface area contributed by atoms with Gasteiger partial charge in [-0.15, -0.1) is 5.10 Å². The maximum absolute atomic E-state index is 12.3. The first-order chi connectivity index (χ1) is 9.81. The van der Waals surface area contributed by atoms with Crippen LogP contribution in [0.3, 0.4) is 0 Å². The zero-order valence-electron chi connectivity index (χ0n) is 11.6. The Bertz CT molecular complexity index is 505. The Kier molecular flexibility index (Phi) is 2.98. The number of nitrogens with zero attached hydrogens (tertiary/aromatic N) is 4. The Labute approximate surface area is 118 Å². The van der Waals surface area contributed by atoms with Gasteiger partial charge in [-0.2, -0.15) is 0 Å². The lowest BCUT2D eigenvalue weighted by Crippen LogP contribution is -2.35. The largest absolute Gasteiger partial charge is 0.381 e. The number of ether oxygens (including phenoxy) is 1. The fourth-order valence-corrected chi connectivity index (χ4v) is 3.18. The van der Waals surface area contributed by atoms with Crippen molar-refractivity contribution < 1.29 is 9.53 Å². The summed E-state index contributed by atoms with van der Waals surface area (Å²) in [5, 5.41) is 8.51. The molecule has 0 aromatic carbocycles. The van der Waals surface area contributed by atoms with E-state index in [0.717, 1.165) is 38.2 Å². The molecule has 108 valence electrons. The Morgan fingerprint density at radius 2 is 2.20 bits per heavy atom. The lowest BCUT2D eigenvalue weighted by molar-refractivity contribution is -0.134. The van der Waals surface area contributed by atoms with Gasteiger partial charge in [-0.3, -0.25) is 4.79 Å². The van der Waals surface area contributed by atoms with Crippen LogP contribution < -0.4 is 0 Å². The van der Waals surface area contributed by atoms with Crippen LogP contribution in [0.25, 0.3) is 0 Å². The molecule has 0 N–H and O–H groups in total. The van der Waals surface area contributed by atoms with Gasteiger partial charge < -0.3 is 9.64 Å². The molecule has 6 heteroatoms. The van der Waals surface area contributed by atoms with E-state index in [1.807, 2.05) is 9.58 Å². The van der Waals surface area contributed by atoms with Crippen LogP contribution in [-0.4, -0.2) is 52.1 Å². The minimum atomic E-state index is 0.0755. The topological polar surface area (TPSA) is 60.2 Å². The van der Waals surface area contributed by atoms with Crippen LogP contribution in [0, 0.1) is 5.92 Å². The molecule has 0 radical (unpaired) electrons. The van der Waals surface area contributed by atoms with E-state index < -0.39 is 0 Å². The molecule has 1 amide bonds. The van der Waals surface area contributed by atoms with Crippen molar-refractivity contribution in [3.63, 3.8) is 0 Å². The minimum absolute atomic E-state index is 0.0755. The van der Waals surface area contributed by atoms with E-state index >= 15 is 0 Å². The summed E-state index contributed by atoms with van der Waals surface area (Å²) in [6.45, 7) is 2.91. The SMILES string of the molecule is O=C([C@@H]1CCOC1)N1CC[C@H](n2cc(C3CC3)nn2)C1. The number of carbonyl (C=O) groups excluding carboxylic acids is 1. The van der Waals surface area contributed by atoms with Crippen molar-refractivity contribution >= 4 is 5.91 Å². The number of hydrogen-bond acceptors (Lipinski definition) is 4. The molecule has 1 aliphatic carbocycles. The number of rotatable bonds is 3. The van der Waals surface area contributed by atoms with E-state index in [1.54, 1.807) is 0 Å². The summed E-state index contributed by atoms with van der Waals surface area (Å²) in [6.07, 6.45) is 6.42. The van der Waals surface area contributed by atoms with Gasteiger partial charge in [0.25, 0.3) is 0 Å². The highest BCUT2D eigenvalue weighted by atomic mass is 16.5. The summed E-state index contributed by atoms with van der Waals surface area (Å²) in [6, 6.07) is 0.293. The molecule has 1 aromatic rings. The fraction of sp³-hybridized carbons (Fsp3) is 0.786. The number of carbonyl (C=O) groups is 1. The summed E-state index contributed by atoms with van der Waals surface area (Å²) in [5.41, 5.74) is 1.12. The molecule has 4 rings (SSSR count). The van der Waals surface area contributed by atoms with Crippen molar-refractivity contribution in [3.8, 4) is 0 Å². The molecule has 1 saturated carbocycles. The summed E-state index contributed by atoms with van der Waals surface area (Å²) in [5.74, 6) is 0.970. The van der Waals surface area contributed by atoms with Gasteiger partial charge in [-0.25, -0.2) is 4.68 Å². The molecular formula is C14H20N4O2. The van der Waals surface area contributed by atoms with Gasteiger partial charge in [0.15, 0.2) is 0 Å². The van der Waals surface area contributed by atoms with Crippen molar-refractivity contribution in [2.75, 3.05) is 26.3 Å². The molecule has 20 heavy (non-hydrogen) atoms. The van der Waals surface area contributed by atoms with Crippen molar-refractivity contribution in [1.82, 2.24) is 19.9 Å². The highest BCUT2D eigenvalue weighted by Crippen LogP contribution is 2.39. The summed E-state index contributed by atoms with van der Waals surface area (Å²) < 4.78 is 7.28. The maximum Gasteiger partial charge on any atom is 0.228 e. The number of likely N-dealkylation sites (tertiary alicyclic amines) is 1. The smallest absolute Gasteiger partial charge is 0.228 e. The minimum Gasteiger partial charge on any atom is -0.381 e. The molecule has 2 atom stereocenters. The van der Waals surface area contributed by atoms with Crippen molar-refractivity contribution in [2.24, 2.45) is 5.92 Å². The van der Waals surface area contributed by atoms with Gasteiger partial charge in [-0.1, -0.05) is 5.21 Å². The van der Waals surface area contributed by atoms with Gasteiger partial charge >= 0.3 is 0 Å². The van der Waals surface area contributed by atoms with Gasteiger partial charge in [0.05, 0.1) is 24.3 Å². The van der Waals surface area contributed by atoms with Crippen molar-refractivity contribution in [1.29, 1.82) is 0 Å². The van der Waals surface area contributed by atoms with Crippen LogP contribution in [0.15, 0.2) is 6.20 Å². The molecule has 1 aromatic heterocycles. The Balaban J connectivity index is 1.40. The average Bonchev–Trinajstić information content (AvgIpc) is 2.98. The van der Waals surface area contributed by atoms with Crippen LogP contribution in [0.5, 0.6) is 0 Å². The maximum atomic E-state index is 12.3. The zero-order chi connectivity index (χ0) is 13.5. The second kappa shape index (κ2) is 4.84. The van der Waals surface area contributed by atoms with E-state index in [4.69, 9.17) is 4.74 Å². The third-order valence-electron chi connectivity index (χ3n) is 4.65. The predicted molar refractivity (Wildman–Crippen MR) is 71.2 cm³/mol. The van der Waals surface area contributed by atoms with Crippen LogP contribution >= 0.6 is 0 Å². The molecule has 0 unspecified atom stereocenters. The first-order valence-electron chi connectivity index (χ1n) is 7.59. The van der Waals surface area contributed by atoms with E-state index in [2.05, 4.69) is 16.5 Å². The van der Waals surface area contributed by atoms with Gasteiger partial charge in [0.1, 0.15) is 0 Å². The first kappa shape index (κ1) is 12.3. The molecule has 6 nitrogen and oxygen atoms in total. The lowest BCUT2D eigenvalue weighted by Gasteiger charge is -2.19. The van der Waals surface area contributed by atoms with Gasteiger partial charge in [-0.05, 0) is 25.7 Å². The van der Waals surface area contributed by atoms with E-state index in [1.165, 1.54) is 12.8 Å². The summed E-state index contributed by atoms with van der Waals surface area (Å²) in [4.78, 5) is 14.3. The molecule has 0 bridgehead atoms. The quantitative estimate of drug-likeness (QED) is 0.825. The Morgan fingerprint density at radius 3 is 2.95 bits per heavy atom. The first-order valence-corrected chi connectivity index (χ1v) is 7.59. The zero-order valence-corrected chi connectivity index (χ0v) is 11.6. The predicted octanol–water partition coefficient (Wildman–Crippen LogP) is 0.965. The van der Waals surface area contributed by atoms with Gasteiger partial charge in [0, 0.05) is 31.8 Å². The number of hydrogen-bond donors (Lipinski definition) is 0. The standard InChI is InChI=1S/C14H20N4O2/c19-14(11-4-6-20-9-11)17-5-3-12(7-17)18-8-13(15-16-18)10-1-2-10/h8,10-12H,1-7,9H2/t11-,12+/m1/s1. The van der Waals surface area contributed by atoms with E-state index in [-0.39, 0.29) is 11.8 Å². The number of amides is 1. The molecule has 2 aliphatic heterocycles. The second-order valence-electron chi connectivity index (χ2n) is 6.18. The van der Waals surface area contributed by atoms with E-state index in [9.17, 15) is 4.79 Å². The highest BCUT2D eigenvalue weighted by Gasteiger charge is 2.34. The van der Waals surface area contributed by atoms with E-state index in [0.29, 0.717) is 18.6 Å². The monoisotopic (exact) mass is 276 g/mol. The van der Waals surface area contributed by atoms with Crippen molar-refractivity contribution in [2.45, 2.75) is 37.6 Å².